The minimum absolute atomic E-state index is 0.584. The number of benzene rings is 1. The summed E-state index contributed by atoms with van der Waals surface area (Å²) in [7, 11) is 1.90. The van der Waals surface area contributed by atoms with E-state index in [2.05, 4.69) is 27.2 Å². The number of aromatic nitrogens is 4. The number of nitrogens with one attached hydrogen (secondary N) is 3. The Morgan fingerprint density at radius 1 is 1.00 bits per heavy atom. The molecule has 0 saturated heterocycles. The van der Waals surface area contributed by atoms with Gasteiger partial charge in [0.25, 0.3) is 0 Å². The number of nitrogens with zero attached hydrogens (tertiary/aromatic N) is 1. The van der Waals surface area contributed by atoms with Crippen LogP contribution in [0.4, 0.5) is 5.69 Å². The Kier molecular flexibility index (Phi) is 7.90. The number of hydrogen-bond donors (Lipinski definition) is 5. The molecule has 0 atom stereocenters. The van der Waals surface area contributed by atoms with E-state index < -0.39 is 0 Å². The average molecular weight is 336 g/mol. The summed E-state index contributed by atoms with van der Waals surface area (Å²) < 4.78 is 3.28. The fourth-order valence-electron chi connectivity index (χ4n) is 1.32. The molecule has 22 heavy (non-hydrogen) atoms. The lowest BCUT2D eigenvalue weighted by Gasteiger charge is -1.94. The van der Waals surface area contributed by atoms with Crippen molar-refractivity contribution in [1.82, 2.24) is 19.5 Å². The lowest BCUT2D eigenvalue weighted by atomic mass is 10.2. The Balaban J connectivity index is 0.000000169. The minimum atomic E-state index is 0.584. The number of H-pyrrole nitrogens is 3. The van der Waals surface area contributed by atoms with E-state index in [-0.39, 0.29) is 0 Å². The fraction of sp³-hybridized carbons (Fsp3) is 0.143. The number of hydrogen-bond acceptors (Lipinski definition) is 4. The highest BCUT2D eigenvalue weighted by Crippen LogP contribution is 2.03. The summed E-state index contributed by atoms with van der Waals surface area (Å²) in [6.07, 6.45) is 7.19. The van der Waals surface area contributed by atoms with Crippen LogP contribution in [0.1, 0.15) is 5.56 Å². The van der Waals surface area contributed by atoms with Crippen molar-refractivity contribution in [3.8, 4) is 0 Å². The Bertz CT molecular complexity index is 733. The lowest BCUT2D eigenvalue weighted by Crippen LogP contribution is -1.95. The molecule has 118 valence electrons. The van der Waals surface area contributed by atoms with Gasteiger partial charge in [0, 0.05) is 44.1 Å². The quantitative estimate of drug-likeness (QED) is 0.348. The zero-order valence-electron chi connectivity index (χ0n) is 12.2. The normalized spacial score (nSPS) is 9.18. The largest absolute Gasteiger partial charge is 0.399 e. The van der Waals surface area contributed by atoms with E-state index in [4.69, 9.17) is 23.7 Å². The van der Waals surface area contributed by atoms with Gasteiger partial charge < -0.3 is 31.0 Å². The highest BCUT2D eigenvalue weighted by atomic mass is 32.1. The number of nitrogens with two attached hydrogens (primary N) is 2. The third kappa shape index (κ3) is 7.02. The average Bonchev–Trinajstić information content (AvgIpc) is 3.13. The highest BCUT2D eigenvalue weighted by Gasteiger charge is 1.85. The second kappa shape index (κ2) is 9.72. The van der Waals surface area contributed by atoms with Crippen molar-refractivity contribution < 1.29 is 0 Å². The second-order valence-electron chi connectivity index (χ2n) is 4.27. The van der Waals surface area contributed by atoms with E-state index in [9.17, 15) is 0 Å². The van der Waals surface area contributed by atoms with Gasteiger partial charge in [0.1, 0.15) is 0 Å². The Morgan fingerprint density at radius 3 is 1.86 bits per heavy atom. The van der Waals surface area contributed by atoms with E-state index in [0.29, 0.717) is 11.3 Å². The van der Waals surface area contributed by atoms with Crippen molar-refractivity contribution in [2.75, 3.05) is 5.73 Å². The van der Waals surface area contributed by atoms with Gasteiger partial charge in [0.2, 0.25) is 0 Å². The van der Waals surface area contributed by atoms with Crippen molar-refractivity contribution in [1.29, 1.82) is 0 Å². The molecule has 0 saturated carbocycles. The molecule has 3 rings (SSSR count). The minimum Gasteiger partial charge on any atom is -0.399 e. The van der Waals surface area contributed by atoms with Crippen LogP contribution >= 0.6 is 24.4 Å². The molecule has 8 heteroatoms. The van der Waals surface area contributed by atoms with Crippen LogP contribution in [0.5, 0.6) is 0 Å². The summed E-state index contributed by atoms with van der Waals surface area (Å²) >= 11 is 9.43. The fourth-order valence-corrected chi connectivity index (χ4v) is 1.58. The monoisotopic (exact) mass is 336 g/mol. The number of aromatic amines is 3. The molecule has 2 aromatic heterocycles. The molecule has 2 heterocycles. The first kappa shape index (κ1) is 17.9. The van der Waals surface area contributed by atoms with E-state index >= 15 is 0 Å². The number of aryl methyl sites for hydroxylation is 1. The van der Waals surface area contributed by atoms with Crippen LogP contribution in [-0.4, -0.2) is 19.5 Å². The molecule has 0 aliphatic rings. The molecule has 1 aromatic carbocycles. The molecule has 0 fully saturated rings. The van der Waals surface area contributed by atoms with Gasteiger partial charge in [-0.2, -0.15) is 0 Å². The lowest BCUT2D eigenvalue weighted by molar-refractivity contribution is 0.894. The molecule has 3 aromatic rings. The molecular formula is C14H20N6S2. The van der Waals surface area contributed by atoms with Crippen molar-refractivity contribution in [3.05, 3.63) is 64.2 Å². The molecule has 0 unspecified atom stereocenters. The Morgan fingerprint density at radius 2 is 1.59 bits per heavy atom. The second-order valence-corrected chi connectivity index (χ2v) is 5.07. The van der Waals surface area contributed by atoms with Gasteiger partial charge in [0.15, 0.2) is 9.54 Å². The first-order chi connectivity index (χ1) is 10.5. The van der Waals surface area contributed by atoms with Gasteiger partial charge in [0.05, 0.1) is 0 Å². The maximum Gasteiger partial charge on any atom is 0.176 e. The summed E-state index contributed by atoms with van der Waals surface area (Å²) in [5.41, 5.74) is 12.7. The van der Waals surface area contributed by atoms with E-state index in [0.717, 1.165) is 16.0 Å². The standard InChI is InChI=1S/C7H10N2.C4H6N2S.C3H4N2S/c8-5-6-1-3-7(9)4-2-6;1-6-3-2-5-4(6)7;6-3-4-1-2-5-3/h1-4H,5,8-9H2;2-3H,1H3,(H,5,7);1-2H,(H2,4,5,6). The summed E-state index contributed by atoms with van der Waals surface area (Å²) in [6.45, 7) is 0.584. The molecule has 6 nitrogen and oxygen atoms in total. The zero-order valence-corrected chi connectivity index (χ0v) is 13.9. The molecular weight excluding hydrogens is 316 g/mol. The summed E-state index contributed by atoms with van der Waals surface area (Å²) in [5.74, 6) is 0. The third-order valence-corrected chi connectivity index (χ3v) is 3.19. The number of rotatable bonds is 1. The molecule has 0 radical (unpaired) electrons. The first-order valence-electron chi connectivity index (χ1n) is 6.49. The van der Waals surface area contributed by atoms with Crippen LogP contribution in [0.25, 0.3) is 0 Å². The summed E-state index contributed by atoms with van der Waals surface area (Å²) in [6, 6.07) is 7.55. The number of imidazole rings is 2. The van der Waals surface area contributed by atoms with Crippen molar-refractivity contribution in [3.63, 3.8) is 0 Å². The van der Waals surface area contributed by atoms with Crippen LogP contribution in [0.3, 0.4) is 0 Å². The molecule has 0 spiro atoms. The van der Waals surface area contributed by atoms with Crippen LogP contribution < -0.4 is 11.5 Å². The van der Waals surface area contributed by atoms with Crippen LogP contribution in [0.15, 0.2) is 49.1 Å². The van der Waals surface area contributed by atoms with E-state index in [1.165, 1.54) is 0 Å². The van der Waals surface area contributed by atoms with Crippen molar-refractivity contribution in [2.24, 2.45) is 12.8 Å². The number of anilines is 1. The molecule has 0 amide bonds. The topological polar surface area (TPSA) is 104 Å². The van der Waals surface area contributed by atoms with Crippen LogP contribution in [-0.2, 0) is 13.6 Å². The third-order valence-electron chi connectivity index (χ3n) is 2.55. The van der Waals surface area contributed by atoms with Gasteiger partial charge in [-0.1, -0.05) is 12.1 Å². The van der Waals surface area contributed by atoms with Crippen LogP contribution in [0.2, 0.25) is 0 Å². The maximum absolute atomic E-state index is 5.44. The SMILES string of the molecule is Cn1cc[nH]c1=S.NCc1ccc(N)cc1.S=c1[nH]cc[nH]1. The number of nitrogen functional groups attached to an aromatic ring is 1. The Hall–Kier alpha value is -2.16. The smallest absolute Gasteiger partial charge is 0.176 e. The molecule has 0 bridgehead atoms. The van der Waals surface area contributed by atoms with Crippen LogP contribution in [0, 0.1) is 9.54 Å². The summed E-state index contributed by atoms with van der Waals surface area (Å²) in [4.78, 5) is 8.36. The van der Waals surface area contributed by atoms with Gasteiger partial charge in [-0.15, -0.1) is 0 Å². The predicted molar refractivity (Wildman–Crippen MR) is 95.3 cm³/mol. The van der Waals surface area contributed by atoms with E-state index in [1.807, 2.05) is 48.3 Å². The molecule has 7 N–H and O–H groups in total. The van der Waals surface area contributed by atoms with Gasteiger partial charge in [-0.25, -0.2) is 0 Å². The molecule has 0 aliphatic heterocycles. The molecule has 0 aliphatic carbocycles. The summed E-state index contributed by atoms with van der Waals surface area (Å²) in [5, 5.41) is 0. The van der Waals surface area contributed by atoms with Crippen molar-refractivity contribution in [2.45, 2.75) is 6.54 Å². The van der Waals surface area contributed by atoms with E-state index in [1.54, 1.807) is 12.4 Å². The first-order valence-corrected chi connectivity index (χ1v) is 7.31. The maximum atomic E-state index is 5.44. The van der Waals surface area contributed by atoms with Gasteiger partial charge >= 0.3 is 0 Å². The highest BCUT2D eigenvalue weighted by molar-refractivity contribution is 7.71. The van der Waals surface area contributed by atoms with Crippen molar-refractivity contribution >= 4 is 30.1 Å². The Labute approximate surface area is 139 Å². The predicted octanol–water partition coefficient (Wildman–Crippen LogP) is 2.88. The van der Waals surface area contributed by atoms with Gasteiger partial charge in [-0.05, 0) is 42.1 Å². The van der Waals surface area contributed by atoms with Gasteiger partial charge in [-0.3, -0.25) is 0 Å². The zero-order chi connectivity index (χ0) is 16.4.